The lowest BCUT2D eigenvalue weighted by Crippen LogP contribution is -2.41. The van der Waals surface area contributed by atoms with Gasteiger partial charge in [-0.2, -0.15) is 4.31 Å². The minimum absolute atomic E-state index is 0.0480. The first kappa shape index (κ1) is 18.5. The fraction of sp³-hybridized carbons (Fsp3) is 0.278. The van der Waals surface area contributed by atoms with Crippen molar-refractivity contribution in [2.45, 2.75) is 17.7 Å². The number of anilines is 1. The third-order valence-electron chi connectivity index (χ3n) is 4.34. The molecule has 1 aliphatic rings. The predicted octanol–water partition coefficient (Wildman–Crippen LogP) is 3.00. The number of carbonyl (C=O) groups is 1. The number of rotatable bonds is 4. The van der Waals surface area contributed by atoms with Crippen LogP contribution in [0.4, 0.5) is 14.5 Å². The van der Waals surface area contributed by atoms with Gasteiger partial charge in [-0.3, -0.25) is 4.79 Å². The van der Waals surface area contributed by atoms with Gasteiger partial charge in [-0.05, 0) is 37.1 Å². The second kappa shape index (κ2) is 7.51. The van der Waals surface area contributed by atoms with Gasteiger partial charge in [0.05, 0.1) is 4.90 Å². The molecule has 1 heterocycles. The maximum atomic E-state index is 13.2. The van der Waals surface area contributed by atoms with Gasteiger partial charge in [0.15, 0.2) is 0 Å². The summed E-state index contributed by atoms with van der Waals surface area (Å²) in [6, 6.07) is 10.9. The zero-order chi connectivity index (χ0) is 18.7. The minimum atomic E-state index is -3.58. The Morgan fingerprint density at radius 2 is 1.58 bits per heavy atom. The largest absolute Gasteiger partial charge is 0.326 e. The van der Waals surface area contributed by atoms with Crippen LogP contribution in [0.25, 0.3) is 0 Å². The average molecular weight is 380 g/mol. The van der Waals surface area contributed by atoms with Crippen molar-refractivity contribution in [1.82, 2.24) is 4.31 Å². The number of amides is 1. The molecule has 0 atom stereocenters. The summed E-state index contributed by atoms with van der Waals surface area (Å²) in [5, 5.41) is 2.49. The van der Waals surface area contributed by atoms with Gasteiger partial charge < -0.3 is 5.32 Å². The van der Waals surface area contributed by atoms with E-state index in [1.165, 1.54) is 16.4 Å². The van der Waals surface area contributed by atoms with E-state index < -0.39 is 27.6 Å². The molecule has 0 unspecified atom stereocenters. The van der Waals surface area contributed by atoms with Gasteiger partial charge in [-0.15, -0.1) is 0 Å². The molecule has 0 aromatic heterocycles. The summed E-state index contributed by atoms with van der Waals surface area (Å²) in [5.41, 5.74) is 0.0480. The number of sulfonamides is 1. The van der Waals surface area contributed by atoms with Crippen LogP contribution in [-0.4, -0.2) is 31.7 Å². The molecule has 1 fully saturated rings. The molecule has 1 N–H and O–H groups in total. The summed E-state index contributed by atoms with van der Waals surface area (Å²) < 4.78 is 52.9. The first-order valence-corrected chi connectivity index (χ1v) is 9.62. The van der Waals surface area contributed by atoms with Gasteiger partial charge in [0.25, 0.3) is 0 Å². The molecule has 0 radical (unpaired) electrons. The van der Waals surface area contributed by atoms with Crippen LogP contribution in [0.15, 0.2) is 53.4 Å². The van der Waals surface area contributed by atoms with Crippen LogP contribution in [0.5, 0.6) is 0 Å². The zero-order valence-electron chi connectivity index (χ0n) is 13.9. The predicted molar refractivity (Wildman–Crippen MR) is 92.9 cm³/mol. The molecule has 2 aromatic carbocycles. The van der Waals surface area contributed by atoms with Gasteiger partial charge in [-0.25, -0.2) is 17.2 Å². The van der Waals surface area contributed by atoms with Gasteiger partial charge >= 0.3 is 0 Å². The van der Waals surface area contributed by atoms with Crippen LogP contribution < -0.4 is 5.32 Å². The quantitative estimate of drug-likeness (QED) is 0.887. The van der Waals surface area contributed by atoms with Crippen molar-refractivity contribution in [2.75, 3.05) is 18.4 Å². The van der Waals surface area contributed by atoms with Crippen molar-refractivity contribution in [3.63, 3.8) is 0 Å². The van der Waals surface area contributed by atoms with E-state index in [9.17, 15) is 22.0 Å². The van der Waals surface area contributed by atoms with Crippen LogP contribution >= 0.6 is 0 Å². The summed E-state index contributed by atoms with van der Waals surface area (Å²) in [7, 11) is -3.58. The number of benzene rings is 2. The van der Waals surface area contributed by atoms with Crippen LogP contribution in [0, 0.1) is 17.6 Å². The second-order valence-corrected chi connectivity index (χ2v) is 8.08. The van der Waals surface area contributed by atoms with Crippen molar-refractivity contribution in [3.8, 4) is 0 Å². The molecule has 138 valence electrons. The van der Waals surface area contributed by atoms with Crippen molar-refractivity contribution < 1.29 is 22.0 Å². The molecule has 1 saturated heterocycles. The van der Waals surface area contributed by atoms with Crippen molar-refractivity contribution in [1.29, 1.82) is 0 Å². The first-order valence-electron chi connectivity index (χ1n) is 8.18. The molecule has 1 amide bonds. The highest BCUT2D eigenvalue weighted by Crippen LogP contribution is 2.25. The maximum absolute atomic E-state index is 13.2. The molecular weight excluding hydrogens is 362 g/mol. The molecule has 1 aliphatic heterocycles. The molecule has 0 bridgehead atoms. The summed E-state index contributed by atoms with van der Waals surface area (Å²) in [6.07, 6.45) is 0.686. The van der Waals surface area contributed by atoms with Crippen molar-refractivity contribution in [3.05, 3.63) is 60.2 Å². The number of nitrogens with one attached hydrogen (secondary N) is 1. The van der Waals surface area contributed by atoms with E-state index in [4.69, 9.17) is 0 Å². The van der Waals surface area contributed by atoms with Gasteiger partial charge in [0.2, 0.25) is 15.9 Å². The number of hydrogen-bond donors (Lipinski definition) is 1. The Morgan fingerprint density at radius 3 is 2.15 bits per heavy atom. The summed E-state index contributed by atoms with van der Waals surface area (Å²) in [5.74, 6) is -2.33. The summed E-state index contributed by atoms with van der Waals surface area (Å²) >= 11 is 0. The number of halogens is 2. The number of carbonyl (C=O) groups excluding carboxylic acids is 1. The fourth-order valence-corrected chi connectivity index (χ4v) is 4.46. The standard InChI is InChI=1S/C18H18F2N2O3S/c19-14-10-15(20)12-16(11-14)21-18(23)13-6-8-22(9-7-13)26(24,25)17-4-2-1-3-5-17/h1-5,10-13H,6-9H2,(H,21,23). The molecule has 2 aromatic rings. The SMILES string of the molecule is O=C(Nc1cc(F)cc(F)c1)C1CCN(S(=O)(=O)c2ccccc2)CC1. The Hall–Kier alpha value is -2.32. The molecular formula is C18H18F2N2O3S. The lowest BCUT2D eigenvalue weighted by molar-refractivity contribution is -0.120. The summed E-state index contributed by atoms with van der Waals surface area (Å²) in [6.45, 7) is 0.430. The highest BCUT2D eigenvalue weighted by Gasteiger charge is 2.32. The van der Waals surface area contributed by atoms with E-state index in [0.717, 1.165) is 18.2 Å². The lowest BCUT2D eigenvalue weighted by atomic mass is 9.97. The van der Waals surface area contributed by atoms with E-state index in [-0.39, 0.29) is 29.6 Å². The Morgan fingerprint density at radius 1 is 1.00 bits per heavy atom. The molecule has 0 aliphatic carbocycles. The fourth-order valence-electron chi connectivity index (χ4n) is 2.97. The molecule has 5 nitrogen and oxygen atoms in total. The second-order valence-electron chi connectivity index (χ2n) is 6.14. The Bertz CT molecular complexity index is 876. The normalized spacial score (nSPS) is 16.4. The van der Waals surface area contributed by atoms with Gasteiger partial charge in [-0.1, -0.05) is 18.2 Å². The third-order valence-corrected chi connectivity index (χ3v) is 6.25. The van der Waals surface area contributed by atoms with Gasteiger partial charge in [0.1, 0.15) is 11.6 Å². The number of piperidine rings is 1. The molecule has 0 spiro atoms. The van der Waals surface area contributed by atoms with Crippen LogP contribution in [-0.2, 0) is 14.8 Å². The van der Waals surface area contributed by atoms with Crippen LogP contribution in [0.2, 0.25) is 0 Å². The lowest BCUT2D eigenvalue weighted by Gasteiger charge is -2.30. The van der Waals surface area contributed by atoms with Crippen molar-refractivity contribution >= 4 is 21.6 Å². The van der Waals surface area contributed by atoms with Crippen molar-refractivity contribution in [2.24, 2.45) is 5.92 Å². The Balaban J connectivity index is 1.62. The van der Waals surface area contributed by atoms with E-state index >= 15 is 0 Å². The highest BCUT2D eigenvalue weighted by molar-refractivity contribution is 7.89. The molecule has 0 saturated carbocycles. The van der Waals surface area contributed by atoms with Gasteiger partial charge in [0, 0.05) is 30.8 Å². The van der Waals surface area contributed by atoms with E-state index in [0.29, 0.717) is 12.8 Å². The average Bonchev–Trinajstić information content (AvgIpc) is 2.61. The highest BCUT2D eigenvalue weighted by atomic mass is 32.2. The minimum Gasteiger partial charge on any atom is -0.326 e. The molecule has 3 rings (SSSR count). The monoisotopic (exact) mass is 380 g/mol. The Kier molecular flexibility index (Phi) is 5.33. The van der Waals surface area contributed by atoms with Crippen LogP contribution in [0.1, 0.15) is 12.8 Å². The zero-order valence-corrected chi connectivity index (χ0v) is 14.7. The smallest absolute Gasteiger partial charge is 0.243 e. The van der Waals surface area contributed by atoms with E-state index in [2.05, 4.69) is 5.32 Å². The topological polar surface area (TPSA) is 66.5 Å². The maximum Gasteiger partial charge on any atom is 0.243 e. The number of hydrogen-bond acceptors (Lipinski definition) is 3. The Labute approximate surface area is 150 Å². The number of nitrogens with zero attached hydrogens (tertiary/aromatic N) is 1. The van der Waals surface area contributed by atoms with E-state index in [1.54, 1.807) is 18.2 Å². The van der Waals surface area contributed by atoms with E-state index in [1.807, 2.05) is 0 Å². The van der Waals surface area contributed by atoms with Crippen LogP contribution in [0.3, 0.4) is 0 Å². The molecule has 26 heavy (non-hydrogen) atoms. The molecule has 8 heteroatoms. The first-order chi connectivity index (χ1) is 12.4. The third kappa shape index (κ3) is 4.08. The summed E-state index contributed by atoms with van der Waals surface area (Å²) in [4.78, 5) is 12.5.